The van der Waals surface area contributed by atoms with Gasteiger partial charge in [0.2, 0.25) is 0 Å². The maximum atomic E-state index is 13.9. The number of hydrogen-bond donors (Lipinski definition) is 0. The van der Waals surface area contributed by atoms with Crippen LogP contribution in [0, 0.1) is 6.92 Å². The summed E-state index contributed by atoms with van der Waals surface area (Å²) in [5.74, 6) is 0.563. The Morgan fingerprint density at radius 3 is 2.55 bits per heavy atom. The molecule has 4 nitrogen and oxygen atoms in total. The van der Waals surface area contributed by atoms with Gasteiger partial charge in [0.25, 0.3) is 6.43 Å². The van der Waals surface area contributed by atoms with Crippen LogP contribution in [0.2, 0.25) is 5.02 Å². The van der Waals surface area contributed by atoms with Crippen LogP contribution in [0.3, 0.4) is 0 Å². The number of nitrogens with zero attached hydrogens (tertiary/aromatic N) is 3. The average molecular weight is 414 g/mol. The van der Waals surface area contributed by atoms with Gasteiger partial charge in [0.15, 0.2) is 5.65 Å². The lowest BCUT2D eigenvalue weighted by Gasteiger charge is -2.11. The van der Waals surface area contributed by atoms with E-state index in [1.807, 2.05) is 30.3 Å². The zero-order valence-corrected chi connectivity index (χ0v) is 16.6. The molecule has 0 radical (unpaired) electrons. The van der Waals surface area contributed by atoms with Gasteiger partial charge in [-0.25, -0.2) is 18.4 Å². The zero-order chi connectivity index (χ0) is 20.5. The summed E-state index contributed by atoms with van der Waals surface area (Å²) in [4.78, 5) is 4.69. The third-order valence-corrected chi connectivity index (χ3v) is 5.17. The summed E-state index contributed by atoms with van der Waals surface area (Å²) in [5, 5.41) is 5.43. The van der Waals surface area contributed by atoms with Gasteiger partial charge in [-0.3, -0.25) is 0 Å². The molecule has 0 amide bonds. The predicted octanol–water partition coefficient (Wildman–Crippen LogP) is 6.05. The lowest BCUT2D eigenvalue weighted by atomic mass is 10.0. The summed E-state index contributed by atoms with van der Waals surface area (Å²) >= 11 is 6.28. The second-order valence-electron chi connectivity index (χ2n) is 6.63. The molecule has 4 rings (SSSR count). The van der Waals surface area contributed by atoms with E-state index in [-0.39, 0.29) is 5.56 Å². The van der Waals surface area contributed by atoms with Crippen molar-refractivity contribution in [3.63, 3.8) is 0 Å². The fraction of sp³-hybridized carbons (Fsp3) is 0.182. The van der Waals surface area contributed by atoms with Gasteiger partial charge in [0.1, 0.15) is 5.75 Å². The molecule has 0 aliphatic rings. The first-order valence-electron chi connectivity index (χ1n) is 9.02. The number of ether oxygens (including phenoxy) is 1. The van der Waals surface area contributed by atoms with E-state index in [1.165, 1.54) is 13.2 Å². The summed E-state index contributed by atoms with van der Waals surface area (Å²) in [6.45, 7) is 2.04. The van der Waals surface area contributed by atoms with E-state index in [1.54, 1.807) is 29.8 Å². The summed E-state index contributed by atoms with van der Waals surface area (Å²) in [6, 6.07) is 16.0. The van der Waals surface area contributed by atoms with Gasteiger partial charge in [-0.1, -0.05) is 41.9 Å². The number of alkyl halides is 2. The topological polar surface area (TPSA) is 39.9 Å². The molecular weight excluding hydrogens is 396 g/mol. The Hall–Kier alpha value is -2.99. The lowest BCUT2D eigenvalue weighted by molar-refractivity contribution is 0.153. The van der Waals surface area contributed by atoms with Crippen LogP contribution >= 0.6 is 11.6 Å². The van der Waals surface area contributed by atoms with Gasteiger partial charge in [-0.15, -0.1) is 0 Å². The van der Waals surface area contributed by atoms with Crippen LogP contribution in [0.1, 0.15) is 23.2 Å². The van der Waals surface area contributed by atoms with E-state index < -0.39 is 6.43 Å². The highest BCUT2D eigenvalue weighted by Crippen LogP contribution is 2.36. The zero-order valence-electron chi connectivity index (χ0n) is 15.9. The van der Waals surface area contributed by atoms with Crippen LogP contribution in [0.25, 0.3) is 22.3 Å². The van der Waals surface area contributed by atoms with E-state index in [9.17, 15) is 8.78 Å². The van der Waals surface area contributed by atoms with Crippen LogP contribution in [0.5, 0.6) is 5.75 Å². The molecule has 0 aliphatic carbocycles. The minimum Gasteiger partial charge on any atom is -0.496 e. The second kappa shape index (κ2) is 7.79. The van der Waals surface area contributed by atoms with E-state index in [4.69, 9.17) is 16.3 Å². The number of hydrogen-bond acceptors (Lipinski definition) is 3. The molecule has 0 bridgehead atoms. The normalized spacial score (nSPS) is 11.4. The fourth-order valence-corrected chi connectivity index (χ4v) is 3.65. The first kappa shape index (κ1) is 19.3. The number of pyridine rings is 1. The van der Waals surface area contributed by atoms with Gasteiger partial charge in [0.05, 0.1) is 30.4 Å². The largest absolute Gasteiger partial charge is 0.496 e. The molecule has 2 aromatic heterocycles. The van der Waals surface area contributed by atoms with Gasteiger partial charge >= 0.3 is 0 Å². The van der Waals surface area contributed by atoms with Crippen molar-refractivity contribution in [2.75, 3.05) is 7.11 Å². The van der Waals surface area contributed by atoms with Gasteiger partial charge in [0, 0.05) is 16.1 Å². The Bertz CT molecular complexity index is 1190. The third-order valence-electron chi connectivity index (χ3n) is 4.80. The summed E-state index contributed by atoms with van der Waals surface area (Å²) in [7, 11) is 1.54. The van der Waals surface area contributed by atoms with E-state index in [0.29, 0.717) is 45.3 Å². The molecule has 0 saturated heterocycles. The van der Waals surface area contributed by atoms with Gasteiger partial charge < -0.3 is 4.74 Å². The number of methoxy groups -OCH3 is 1. The Kier molecular flexibility index (Phi) is 5.20. The molecule has 7 heteroatoms. The fourth-order valence-electron chi connectivity index (χ4n) is 3.45. The molecule has 0 fully saturated rings. The van der Waals surface area contributed by atoms with Crippen LogP contribution < -0.4 is 4.74 Å². The van der Waals surface area contributed by atoms with Crippen molar-refractivity contribution in [3.05, 3.63) is 76.4 Å². The molecule has 0 atom stereocenters. The highest BCUT2D eigenvalue weighted by atomic mass is 35.5. The second-order valence-corrected chi connectivity index (χ2v) is 7.04. The Morgan fingerprint density at radius 2 is 1.83 bits per heavy atom. The minimum atomic E-state index is -2.66. The van der Waals surface area contributed by atoms with Gasteiger partial charge in [-0.2, -0.15) is 5.10 Å². The first-order valence-corrected chi connectivity index (χ1v) is 9.40. The van der Waals surface area contributed by atoms with Crippen LogP contribution in [-0.2, 0) is 6.54 Å². The van der Waals surface area contributed by atoms with Crippen LogP contribution in [0.15, 0.2) is 54.6 Å². The summed E-state index contributed by atoms with van der Waals surface area (Å²) < 4.78 is 34.9. The molecular formula is C22H18ClF2N3O. The van der Waals surface area contributed by atoms with Crippen molar-refractivity contribution in [2.24, 2.45) is 0 Å². The molecule has 0 aliphatic heterocycles. The predicted molar refractivity (Wildman–Crippen MR) is 110 cm³/mol. The standard InChI is InChI=1S/C22H18ClF2N3O/c1-13-20-16(21(24)25)11-18(15-8-4-6-10-19(15)29-2)26-22(20)28(27-13)12-14-7-3-5-9-17(14)23/h3-11,21H,12H2,1-2H3. The maximum Gasteiger partial charge on any atom is 0.264 e. The molecule has 29 heavy (non-hydrogen) atoms. The summed E-state index contributed by atoms with van der Waals surface area (Å²) in [6.07, 6.45) is -2.66. The van der Waals surface area contributed by atoms with E-state index >= 15 is 0 Å². The molecule has 0 N–H and O–H groups in total. The number of halogens is 3. The number of rotatable bonds is 5. The summed E-state index contributed by atoms with van der Waals surface area (Å²) in [5.41, 5.74) is 2.68. The highest BCUT2D eigenvalue weighted by molar-refractivity contribution is 6.31. The van der Waals surface area contributed by atoms with Crippen molar-refractivity contribution in [3.8, 4) is 17.0 Å². The number of aromatic nitrogens is 3. The Balaban J connectivity index is 1.95. The van der Waals surface area contributed by atoms with Crippen molar-refractivity contribution in [2.45, 2.75) is 19.9 Å². The third kappa shape index (κ3) is 3.56. The van der Waals surface area contributed by atoms with Gasteiger partial charge in [-0.05, 0) is 36.8 Å². The van der Waals surface area contributed by atoms with Crippen molar-refractivity contribution in [1.82, 2.24) is 14.8 Å². The molecule has 4 aromatic rings. The van der Waals surface area contributed by atoms with E-state index in [2.05, 4.69) is 10.1 Å². The monoisotopic (exact) mass is 413 g/mol. The minimum absolute atomic E-state index is 0.0983. The maximum absolute atomic E-state index is 13.9. The number of aryl methyl sites for hydroxylation is 1. The molecule has 2 aromatic carbocycles. The van der Waals surface area contributed by atoms with Crippen molar-refractivity contribution < 1.29 is 13.5 Å². The molecule has 0 spiro atoms. The van der Waals surface area contributed by atoms with Crippen molar-refractivity contribution in [1.29, 1.82) is 0 Å². The van der Waals surface area contributed by atoms with Crippen LogP contribution in [-0.4, -0.2) is 21.9 Å². The molecule has 2 heterocycles. The van der Waals surface area contributed by atoms with Crippen LogP contribution in [0.4, 0.5) is 8.78 Å². The number of benzene rings is 2. The lowest BCUT2D eigenvalue weighted by Crippen LogP contribution is -2.04. The number of para-hydroxylation sites is 1. The van der Waals surface area contributed by atoms with E-state index in [0.717, 1.165) is 5.56 Å². The average Bonchev–Trinajstić information content (AvgIpc) is 3.04. The SMILES string of the molecule is COc1ccccc1-c1cc(C(F)F)c2c(C)nn(Cc3ccccc3Cl)c2n1. The molecule has 148 valence electrons. The first-order chi connectivity index (χ1) is 14.0. The molecule has 0 saturated carbocycles. The smallest absolute Gasteiger partial charge is 0.264 e. The Morgan fingerprint density at radius 1 is 1.10 bits per heavy atom. The highest BCUT2D eigenvalue weighted by Gasteiger charge is 2.22. The van der Waals surface area contributed by atoms with Crippen molar-refractivity contribution >= 4 is 22.6 Å². The quantitative estimate of drug-likeness (QED) is 0.399. The Labute approximate surface area is 171 Å². The molecule has 0 unspecified atom stereocenters. The number of fused-ring (bicyclic) bond motifs is 1.